The summed E-state index contributed by atoms with van der Waals surface area (Å²) in [7, 11) is 0. The maximum Gasteiger partial charge on any atom is 0.338 e. The minimum absolute atomic E-state index is 0.130. The van der Waals surface area contributed by atoms with Crippen LogP contribution in [-0.2, 0) is 9.47 Å². The lowest BCUT2D eigenvalue weighted by Gasteiger charge is -2.26. The maximum atomic E-state index is 13.9. The number of hydrogen-bond acceptors (Lipinski definition) is 6. The number of ether oxygens (including phenoxy) is 2. The Morgan fingerprint density at radius 1 is 1.12 bits per heavy atom. The van der Waals surface area contributed by atoms with Gasteiger partial charge < -0.3 is 24.8 Å². The molecular formula is C18H16ClFO6. The van der Waals surface area contributed by atoms with Gasteiger partial charge in [-0.05, 0) is 29.8 Å². The molecule has 26 heavy (non-hydrogen) atoms. The predicted octanol–water partition coefficient (Wildman–Crippen LogP) is 1.82. The third-order valence-corrected chi connectivity index (χ3v) is 4.40. The monoisotopic (exact) mass is 382 g/mol. The van der Waals surface area contributed by atoms with Gasteiger partial charge in [0, 0.05) is 0 Å². The number of aliphatic hydroxyl groups excluding tert-OH is 3. The molecular weight excluding hydrogens is 367 g/mol. The van der Waals surface area contributed by atoms with Gasteiger partial charge >= 0.3 is 5.97 Å². The fourth-order valence-corrected chi connectivity index (χ4v) is 2.82. The first-order valence-corrected chi connectivity index (χ1v) is 8.17. The Morgan fingerprint density at radius 3 is 2.38 bits per heavy atom. The van der Waals surface area contributed by atoms with Gasteiger partial charge in [0.25, 0.3) is 0 Å². The number of rotatable bonds is 4. The predicted molar refractivity (Wildman–Crippen MR) is 88.9 cm³/mol. The highest BCUT2D eigenvalue weighted by Gasteiger charge is 2.47. The molecule has 1 aliphatic rings. The molecule has 0 amide bonds. The normalized spacial score (nSPS) is 26.5. The van der Waals surface area contributed by atoms with E-state index < -0.39 is 42.5 Å². The molecule has 3 N–H and O–H groups in total. The molecule has 2 aromatic carbocycles. The number of benzene rings is 2. The summed E-state index contributed by atoms with van der Waals surface area (Å²) in [6.07, 6.45) is -7.37. The van der Waals surface area contributed by atoms with Crippen LogP contribution in [0.15, 0.2) is 48.5 Å². The van der Waals surface area contributed by atoms with Gasteiger partial charge in [-0.2, -0.15) is 0 Å². The smallest absolute Gasteiger partial charge is 0.338 e. The zero-order valence-electron chi connectivity index (χ0n) is 13.3. The summed E-state index contributed by atoms with van der Waals surface area (Å²) in [5.41, 5.74) is 0.391. The molecule has 0 radical (unpaired) electrons. The van der Waals surface area contributed by atoms with E-state index in [1.807, 2.05) is 0 Å². The van der Waals surface area contributed by atoms with Crippen LogP contribution >= 0.6 is 11.6 Å². The van der Waals surface area contributed by atoms with Crippen LogP contribution in [0, 0.1) is 5.82 Å². The fourth-order valence-electron chi connectivity index (χ4n) is 2.71. The lowest BCUT2D eigenvalue weighted by Crippen LogP contribution is -2.36. The van der Waals surface area contributed by atoms with Crippen molar-refractivity contribution in [3.8, 4) is 0 Å². The zero-order chi connectivity index (χ0) is 18.8. The summed E-state index contributed by atoms with van der Waals surface area (Å²) >= 11 is 5.68. The maximum absolute atomic E-state index is 13.9. The molecule has 6 nitrogen and oxygen atoms in total. The zero-order valence-corrected chi connectivity index (χ0v) is 14.1. The van der Waals surface area contributed by atoms with E-state index in [0.717, 1.165) is 6.07 Å². The second-order valence-corrected chi connectivity index (χ2v) is 6.25. The second-order valence-electron chi connectivity index (χ2n) is 5.84. The molecule has 138 valence electrons. The molecule has 1 heterocycles. The summed E-state index contributed by atoms with van der Waals surface area (Å²) in [4.78, 5) is 12.4. The number of halogens is 2. The summed E-state index contributed by atoms with van der Waals surface area (Å²) in [5.74, 6) is -1.49. The van der Waals surface area contributed by atoms with Crippen molar-refractivity contribution in [3.63, 3.8) is 0 Å². The molecule has 0 bridgehead atoms. The Hall–Kier alpha value is -2.03. The molecule has 1 aliphatic heterocycles. The van der Waals surface area contributed by atoms with Gasteiger partial charge in [0.05, 0.1) is 10.6 Å². The average molecular weight is 383 g/mol. The average Bonchev–Trinajstić information content (AvgIpc) is 2.90. The number of esters is 1. The highest BCUT2D eigenvalue weighted by Crippen LogP contribution is 2.34. The fraction of sp³-hybridized carbons (Fsp3) is 0.278. The van der Waals surface area contributed by atoms with E-state index in [9.17, 15) is 24.5 Å². The van der Waals surface area contributed by atoms with Gasteiger partial charge in [-0.15, -0.1) is 0 Å². The molecule has 1 saturated heterocycles. The molecule has 0 spiro atoms. The van der Waals surface area contributed by atoms with E-state index in [1.54, 1.807) is 18.2 Å². The van der Waals surface area contributed by atoms with Crippen molar-refractivity contribution in [2.45, 2.75) is 30.7 Å². The molecule has 8 heteroatoms. The van der Waals surface area contributed by atoms with Gasteiger partial charge in [0.1, 0.15) is 24.1 Å². The van der Waals surface area contributed by atoms with Crippen LogP contribution in [0.4, 0.5) is 4.39 Å². The van der Waals surface area contributed by atoms with Gasteiger partial charge in [-0.1, -0.05) is 35.9 Å². The van der Waals surface area contributed by atoms with Crippen LogP contribution in [0.1, 0.15) is 22.0 Å². The molecule has 5 atom stereocenters. The lowest BCUT2D eigenvalue weighted by molar-refractivity contribution is -0.148. The SMILES string of the molecule is O=C(O[C@H](c1ccc(Cl)c(F)c1)[C@H]1OC(O)[C@H](O)[C@@H]1O)c1ccccc1. The summed E-state index contributed by atoms with van der Waals surface area (Å²) in [6, 6.07) is 11.8. The van der Waals surface area contributed by atoms with Crippen LogP contribution in [0.2, 0.25) is 5.02 Å². The van der Waals surface area contributed by atoms with E-state index in [2.05, 4.69) is 0 Å². The largest absolute Gasteiger partial charge is 0.451 e. The molecule has 2 aromatic rings. The molecule has 0 aliphatic carbocycles. The number of carbonyl (C=O) groups excluding carboxylic acids is 1. The highest BCUT2D eigenvalue weighted by atomic mass is 35.5. The first-order valence-electron chi connectivity index (χ1n) is 7.79. The number of carbonyl (C=O) groups is 1. The van der Waals surface area contributed by atoms with E-state index in [0.29, 0.717) is 0 Å². The van der Waals surface area contributed by atoms with E-state index in [1.165, 1.54) is 24.3 Å². The Morgan fingerprint density at radius 2 is 1.81 bits per heavy atom. The standard InChI is InChI=1S/C18H16ClFO6/c19-11-7-6-10(8-12(11)20)15(16-13(21)14(22)18(24)26-16)25-17(23)9-4-2-1-3-5-9/h1-8,13-16,18,21-22,24H/t13-,14+,15+,16-,18?/m0/s1. The third kappa shape index (κ3) is 3.72. The van der Waals surface area contributed by atoms with Crippen molar-refractivity contribution >= 4 is 17.6 Å². The second kappa shape index (κ2) is 7.69. The topological polar surface area (TPSA) is 96.2 Å². The van der Waals surface area contributed by atoms with Crippen LogP contribution in [-0.4, -0.2) is 45.9 Å². The Kier molecular flexibility index (Phi) is 5.55. The Labute approximate surface area is 153 Å². The minimum Gasteiger partial charge on any atom is -0.451 e. The van der Waals surface area contributed by atoms with Gasteiger partial charge in [-0.3, -0.25) is 0 Å². The van der Waals surface area contributed by atoms with E-state index >= 15 is 0 Å². The van der Waals surface area contributed by atoms with E-state index in [4.69, 9.17) is 21.1 Å². The Balaban J connectivity index is 1.93. The van der Waals surface area contributed by atoms with Gasteiger partial charge in [0.15, 0.2) is 12.4 Å². The van der Waals surface area contributed by atoms with Gasteiger partial charge in [-0.25, -0.2) is 9.18 Å². The lowest BCUT2D eigenvalue weighted by atomic mass is 9.99. The number of hydrogen-bond donors (Lipinski definition) is 3. The molecule has 1 unspecified atom stereocenters. The van der Waals surface area contributed by atoms with Crippen molar-refractivity contribution in [2.75, 3.05) is 0 Å². The summed E-state index contributed by atoms with van der Waals surface area (Å²) < 4.78 is 24.4. The van der Waals surface area contributed by atoms with Crippen LogP contribution in [0.3, 0.4) is 0 Å². The Bertz CT molecular complexity index is 787. The van der Waals surface area contributed by atoms with E-state index in [-0.39, 0.29) is 16.1 Å². The van der Waals surface area contributed by atoms with Crippen molar-refractivity contribution in [1.29, 1.82) is 0 Å². The molecule has 0 aromatic heterocycles. The highest BCUT2D eigenvalue weighted by molar-refractivity contribution is 6.30. The molecule has 3 rings (SSSR count). The van der Waals surface area contributed by atoms with Gasteiger partial charge in [0.2, 0.25) is 0 Å². The molecule has 0 saturated carbocycles. The van der Waals surface area contributed by atoms with Crippen molar-refractivity contribution < 1.29 is 34.0 Å². The first kappa shape index (κ1) is 18.8. The summed E-state index contributed by atoms with van der Waals surface area (Å²) in [6.45, 7) is 0. The number of aliphatic hydroxyl groups is 3. The van der Waals surface area contributed by atoms with Crippen LogP contribution in [0.25, 0.3) is 0 Å². The summed E-state index contributed by atoms with van der Waals surface area (Å²) in [5, 5.41) is 29.3. The quantitative estimate of drug-likeness (QED) is 0.698. The van der Waals surface area contributed by atoms with Crippen LogP contribution in [0.5, 0.6) is 0 Å². The third-order valence-electron chi connectivity index (χ3n) is 4.09. The van der Waals surface area contributed by atoms with Crippen LogP contribution < -0.4 is 0 Å². The first-order chi connectivity index (χ1) is 12.4. The van der Waals surface area contributed by atoms with Crippen molar-refractivity contribution in [1.82, 2.24) is 0 Å². The van der Waals surface area contributed by atoms with Crippen molar-refractivity contribution in [3.05, 3.63) is 70.5 Å². The molecule has 1 fully saturated rings. The minimum atomic E-state index is -1.66. The van der Waals surface area contributed by atoms with Crippen molar-refractivity contribution in [2.24, 2.45) is 0 Å².